The number of aliphatic hydroxyl groups is 1. The van der Waals surface area contributed by atoms with Gasteiger partial charge in [-0.1, -0.05) is 0 Å². The summed E-state index contributed by atoms with van der Waals surface area (Å²) in [5, 5.41) is 12.2. The molecule has 0 aromatic carbocycles. The summed E-state index contributed by atoms with van der Waals surface area (Å²) in [5.41, 5.74) is 0.678. The van der Waals surface area contributed by atoms with Gasteiger partial charge in [-0.3, -0.25) is 9.88 Å². The minimum atomic E-state index is -0.246. The number of nitrogens with zero attached hydrogens (tertiary/aromatic N) is 3. The maximum Gasteiger partial charge on any atom is 0.144 e. The molecule has 0 radical (unpaired) electrons. The lowest BCUT2D eigenvalue weighted by Crippen LogP contribution is -2.53. The van der Waals surface area contributed by atoms with Crippen LogP contribution in [0.4, 0.5) is 5.82 Å². The molecule has 1 fully saturated rings. The summed E-state index contributed by atoms with van der Waals surface area (Å²) in [7, 11) is 1.82. The maximum absolute atomic E-state index is 9.29. The van der Waals surface area contributed by atoms with Crippen molar-refractivity contribution in [2.24, 2.45) is 0 Å². The monoisotopic (exact) mass is 266 g/mol. The standard InChI is InChI=1S/C13H22N4O2/c1-13(2)9-17(7-11(8-18)19-13)6-10-4-16-12(14-3)5-15-10/h4-5,11,18H,6-9H2,1-3H3,(H,14,16). The molecule has 0 amide bonds. The first-order valence-electron chi connectivity index (χ1n) is 6.52. The van der Waals surface area contributed by atoms with Crippen LogP contribution in [0.3, 0.4) is 0 Å². The van der Waals surface area contributed by atoms with Crippen LogP contribution in [-0.4, -0.2) is 58.4 Å². The van der Waals surface area contributed by atoms with Gasteiger partial charge < -0.3 is 15.2 Å². The summed E-state index contributed by atoms with van der Waals surface area (Å²) in [6.07, 6.45) is 3.38. The number of aromatic nitrogens is 2. The van der Waals surface area contributed by atoms with E-state index in [0.29, 0.717) is 0 Å². The summed E-state index contributed by atoms with van der Waals surface area (Å²) < 4.78 is 5.79. The Kier molecular flexibility index (Phi) is 4.34. The van der Waals surface area contributed by atoms with Crippen molar-refractivity contribution in [1.29, 1.82) is 0 Å². The highest BCUT2D eigenvalue weighted by atomic mass is 16.5. The molecule has 0 bridgehead atoms. The molecular formula is C13H22N4O2. The summed E-state index contributed by atoms with van der Waals surface area (Å²) >= 11 is 0. The van der Waals surface area contributed by atoms with Crippen molar-refractivity contribution in [3.63, 3.8) is 0 Å². The molecule has 1 atom stereocenters. The SMILES string of the molecule is CNc1cnc(CN2CC(CO)OC(C)(C)C2)cn1. The number of anilines is 1. The Morgan fingerprint density at radius 1 is 1.47 bits per heavy atom. The average molecular weight is 266 g/mol. The molecule has 6 nitrogen and oxygen atoms in total. The van der Waals surface area contributed by atoms with Gasteiger partial charge in [0.1, 0.15) is 5.82 Å². The van der Waals surface area contributed by atoms with Gasteiger partial charge in [-0.05, 0) is 13.8 Å². The van der Waals surface area contributed by atoms with E-state index in [0.717, 1.165) is 31.1 Å². The molecule has 2 N–H and O–H groups in total. The fraction of sp³-hybridized carbons (Fsp3) is 0.692. The number of hydrogen-bond donors (Lipinski definition) is 2. The van der Waals surface area contributed by atoms with Crippen LogP contribution in [0.25, 0.3) is 0 Å². The first-order chi connectivity index (χ1) is 9.02. The van der Waals surface area contributed by atoms with E-state index < -0.39 is 0 Å². The predicted octanol–water partition coefficient (Wildman–Crippen LogP) is 0.490. The van der Waals surface area contributed by atoms with E-state index in [2.05, 4.69) is 20.2 Å². The fourth-order valence-electron chi connectivity index (χ4n) is 2.43. The molecule has 2 rings (SSSR count). The minimum absolute atomic E-state index is 0.0459. The van der Waals surface area contributed by atoms with Gasteiger partial charge in [0.2, 0.25) is 0 Å². The molecule has 1 aliphatic heterocycles. The average Bonchev–Trinajstić information content (AvgIpc) is 2.37. The zero-order valence-corrected chi connectivity index (χ0v) is 11.8. The molecule has 6 heteroatoms. The van der Waals surface area contributed by atoms with Crippen molar-refractivity contribution in [1.82, 2.24) is 14.9 Å². The highest BCUT2D eigenvalue weighted by molar-refractivity contribution is 5.29. The minimum Gasteiger partial charge on any atom is -0.394 e. The lowest BCUT2D eigenvalue weighted by molar-refractivity contribution is -0.150. The normalized spacial score (nSPS) is 23.3. The molecule has 1 saturated heterocycles. The first-order valence-corrected chi connectivity index (χ1v) is 6.52. The molecular weight excluding hydrogens is 244 g/mol. The molecule has 0 spiro atoms. The van der Waals surface area contributed by atoms with Crippen LogP contribution in [0.15, 0.2) is 12.4 Å². The fourth-order valence-corrected chi connectivity index (χ4v) is 2.43. The molecule has 2 heterocycles. The van der Waals surface area contributed by atoms with E-state index in [9.17, 15) is 5.11 Å². The highest BCUT2D eigenvalue weighted by Gasteiger charge is 2.33. The van der Waals surface area contributed by atoms with E-state index in [1.807, 2.05) is 20.9 Å². The molecule has 1 aromatic heterocycles. The van der Waals surface area contributed by atoms with Gasteiger partial charge in [-0.25, -0.2) is 4.98 Å². The predicted molar refractivity (Wildman–Crippen MR) is 72.9 cm³/mol. The van der Waals surface area contributed by atoms with Gasteiger partial charge in [-0.2, -0.15) is 0 Å². The van der Waals surface area contributed by atoms with Gasteiger partial charge in [0.25, 0.3) is 0 Å². The van der Waals surface area contributed by atoms with Gasteiger partial charge in [0.05, 0.1) is 36.4 Å². The summed E-state index contributed by atoms with van der Waals surface area (Å²) in [4.78, 5) is 10.9. The molecule has 1 aliphatic rings. The summed E-state index contributed by atoms with van der Waals surface area (Å²) in [6, 6.07) is 0. The highest BCUT2D eigenvalue weighted by Crippen LogP contribution is 2.21. The topological polar surface area (TPSA) is 70.5 Å². The number of morpholine rings is 1. The smallest absolute Gasteiger partial charge is 0.144 e. The number of aliphatic hydroxyl groups excluding tert-OH is 1. The van der Waals surface area contributed by atoms with Crippen LogP contribution < -0.4 is 5.32 Å². The molecule has 1 unspecified atom stereocenters. The largest absolute Gasteiger partial charge is 0.394 e. The zero-order valence-electron chi connectivity index (χ0n) is 11.8. The Morgan fingerprint density at radius 2 is 2.26 bits per heavy atom. The van der Waals surface area contributed by atoms with Crippen LogP contribution in [0.5, 0.6) is 0 Å². The van der Waals surface area contributed by atoms with Gasteiger partial charge in [-0.15, -0.1) is 0 Å². The number of ether oxygens (including phenoxy) is 1. The van der Waals surface area contributed by atoms with Crippen molar-refractivity contribution in [2.45, 2.75) is 32.1 Å². The van der Waals surface area contributed by atoms with E-state index in [4.69, 9.17) is 4.74 Å². The van der Waals surface area contributed by atoms with Gasteiger partial charge >= 0.3 is 0 Å². The Morgan fingerprint density at radius 3 is 2.84 bits per heavy atom. The second-order valence-corrected chi connectivity index (χ2v) is 5.49. The van der Waals surface area contributed by atoms with Crippen molar-refractivity contribution < 1.29 is 9.84 Å². The van der Waals surface area contributed by atoms with Crippen LogP contribution in [0.2, 0.25) is 0 Å². The van der Waals surface area contributed by atoms with E-state index in [-0.39, 0.29) is 18.3 Å². The van der Waals surface area contributed by atoms with Crippen molar-refractivity contribution in [3.8, 4) is 0 Å². The molecule has 0 aliphatic carbocycles. The van der Waals surface area contributed by atoms with E-state index >= 15 is 0 Å². The van der Waals surface area contributed by atoms with Crippen molar-refractivity contribution in [2.75, 3.05) is 32.1 Å². The summed E-state index contributed by atoms with van der Waals surface area (Å²) in [5.74, 6) is 0.763. The Hall–Kier alpha value is -1.24. The second-order valence-electron chi connectivity index (χ2n) is 5.49. The number of nitrogens with one attached hydrogen (secondary N) is 1. The first kappa shape index (κ1) is 14.2. The van der Waals surface area contributed by atoms with Gasteiger partial charge in [0.15, 0.2) is 0 Å². The third-order valence-corrected chi connectivity index (χ3v) is 3.10. The quantitative estimate of drug-likeness (QED) is 0.826. The van der Waals surface area contributed by atoms with Crippen molar-refractivity contribution in [3.05, 3.63) is 18.1 Å². The Bertz CT molecular complexity index is 408. The summed E-state index contributed by atoms with van der Waals surface area (Å²) in [6.45, 7) is 6.38. The Balaban J connectivity index is 2.00. The number of rotatable bonds is 4. The number of hydrogen-bond acceptors (Lipinski definition) is 6. The Labute approximate surface area is 113 Å². The maximum atomic E-state index is 9.29. The van der Waals surface area contributed by atoms with E-state index in [1.165, 1.54) is 0 Å². The van der Waals surface area contributed by atoms with Crippen LogP contribution in [0, 0.1) is 0 Å². The third kappa shape index (κ3) is 3.86. The molecule has 1 aromatic rings. The molecule has 19 heavy (non-hydrogen) atoms. The van der Waals surface area contributed by atoms with Crippen LogP contribution in [-0.2, 0) is 11.3 Å². The molecule has 106 valence electrons. The zero-order chi connectivity index (χ0) is 13.9. The van der Waals surface area contributed by atoms with Crippen LogP contribution >= 0.6 is 0 Å². The van der Waals surface area contributed by atoms with E-state index in [1.54, 1.807) is 12.4 Å². The second kappa shape index (κ2) is 5.81. The molecule has 0 saturated carbocycles. The third-order valence-electron chi connectivity index (χ3n) is 3.10. The lowest BCUT2D eigenvalue weighted by atomic mass is 10.1. The van der Waals surface area contributed by atoms with Gasteiger partial charge in [0, 0.05) is 26.7 Å². The van der Waals surface area contributed by atoms with Crippen molar-refractivity contribution >= 4 is 5.82 Å². The van der Waals surface area contributed by atoms with Crippen LogP contribution in [0.1, 0.15) is 19.5 Å². The lowest BCUT2D eigenvalue weighted by Gasteiger charge is -2.42.